The number of nitrogens with zero attached hydrogens (tertiary/aromatic N) is 3. The van der Waals surface area contributed by atoms with Crippen LogP contribution in [0.3, 0.4) is 0 Å². The maximum Gasteiger partial charge on any atom is 0.161 e. The molecule has 1 atom stereocenters. The number of carbonyl (C=O) groups is 1. The quantitative estimate of drug-likeness (QED) is 0.881. The Morgan fingerprint density at radius 2 is 2.23 bits per heavy atom. The molecule has 0 bridgehead atoms. The fraction of sp³-hybridized carbons (Fsp3) is 0.353. The second-order valence-electron chi connectivity index (χ2n) is 5.62. The number of ketones is 1. The Bertz CT molecular complexity index is 687. The van der Waals surface area contributed by atoms with Gasteiger partial charge in [-0.2, -0.15) is 0 Å². The van der Waals surface area contributed by atoms with E-state index in [1.807, 2.05) is 24.3 Å². The first-order valence-corrected chi connectivity index (χ1v) is 7.51. The SMILES string of the molecule is CC(=O)c1cccc(-c2nccc(N3CCC[C@H](O)C3)n2)c1. The van der Waals surface area contributed by atoms with E-state index in [1.54, 1.807) is 19.2 Å². The summed E-state index contributed by atoms with van der Waals surface area (Å²) in [5, 5.41) is 9.80. The molecule has 2 heterocycles. The molecule has 2 aromatic rings. The van der Waals surface area contributed by atoms with E-state index < -0.39 is 0 Å². The van der Waals surface area contributed by atoms with Gasteiger partial charge in [0.2, 0.25) is 0 Å². The molecule has 5 nitrogen and oxygen atoms in total. The third-order valence-electron chi connectivity index (χ3n) is 3.89. The van der Waals surface area contributed by atoms with Crippen molar-refractivity contribution in [2.24, 2.45) is 0 Å². The topological polar surface area (TPSA) is 66.3 Å². The van der Waals surface area contributed by atoms with Gasteiger partial charge in [-0.1, -0.05) is 18.2 Å². The summed E-state index contributed by atoms with van der Waals surface area (Å²) in [5.74, 6) is 1.44. The fourth-order valence-electron chi connectivity index (χ4n) is 2.70. The zero-order chi connectivity index (χ0) is 15.5. The molecule has 1 N–H and O–H groups in total. The molecule has 0 saturated carbocycles. The highest BCUT2D eigenvalue weighted by Crippen LogP contribution is 2.22. The van der Waals surface area contributed by atoms with Crippen LogP contribution in [-0.2, 0) is 0 Å². The minimum absolute atomic E-state index is 0.0251. The van der Waals surface area contributed by atoms with E-state index in [0.29, 0.717) is 17.9 Å². The van der Waals surface area contributed by atoms with E-state index in [4.69, 9.17) is 0 Å². The molecule has 1 aliphatic rings. The van der Waals surface area contributed by atoms with Crippen LogP contribution in [0.15, 0.2) is 36.5 Å². The average molecular weight is 297 g/mol. The van der Waals surface area contributed by atoms with Crippen molar-refractivity contribution in [1.82, 2.24) is 9.97 Å². The van der Waals surface area contributed by atoms with Crippen molar-refractivity contribution >= 4 is 11.6 Å². The Morgan fingerprint density at radius 3 is 3.00 bits per heavy atom. The van der Waals surface area contributed by atoms with Crippen LogP contribution in [0.25, 0.3) is 11.4 Å². The number of hydrogen-bond acceptors (Lipinski definition) is 5. The molecule has 0 radical (unpaired) electrons. The Balaban J connectivity index is 1.90. The van der Waals surface area contributed by atoms with Gasteiger partial charge in [0.05, 0.1) is 6.10 Å². The van der Waals surface area contributed by atoms with Crippen molar-refractivity contribution in [2.45, 2.75) is 25.9 Å². The summed E-state index contributed by atoms with van der Waals surface area (Å²) < 4.78 is 0. The lowest BCUT2D eigenvalue weighted by Gasteiger charge is -2.31. The number of aliphatic hydroxyl groups is 1. The lowest BCUT2D eigenvalue weighted by Crippen LogP contribution is -2.38. The maximum atomic E-state index is 11.5. The van der Waals surface area contributed by atoms with E-state index >= 15 is 0 Å². The Morgan fingerprint density at radius 1 is 1.36 bits per heavy atom. The highest BCUT2D eigenvalue weighted by molar-refractivity contribution is 5.95. The highest BCUT2D eigenvalue weighted by atomic mass is 16.3. The van der Waals surface area contributed by atoms with Gasteiger partial charge in [-0.3, -0.25) is 4.79 Å². The predicted octanol–water partition coefficient (Wildman–Crippen LogP) is 2.31. The summed E-state index contributed by atoms with van der Waals surface area (Å²) >= 11 is 0. The lowest BCUT2D eigenvalue weighted by molar-refractivity contribution is 0.101. The monoisotopic (exact) mass is 297 g/mol. The number of hydrogen-bond donors (Lipinski definition) is 1. The van der Waals surface area contributed by atoms with E-state index in [1.165, 1.54) is 0 Å². The number of piperidine rings is 1. The van der Waals surface area contributed by atoms with Gasteiger partial charge >= 0.3 is 0 Å². The molecule has 22 heavy (non-hydrogen) atoms. The van der Waals surface area contributed by atoms with Gasteiger partial charge in [-0.25, -0.2) is 9.97 Å². The Labute approximate surface area is 129 Å². The Hall–Kier alpha value is -2.27. The molecule has 5 heteroatoms. The van der Waals surface area contributed by atoms with Gasteiger partial charge in [0.1, 0.15) is 5.82 Å². The van der Waals surface area contributed by atoms with Crippen LogP contribution in [0.1, 0.15) is 30.1 Å². The molecule has 0 spiro atoms. The smallest absolute Gasteiger partial charge is 0.161 e. The van der Waals surface area contributed by atoms with Crippen LogP contribution < -0.4 is 4.90 Å². The molecule has 114 valence electrons. The second kappa shape index (κ2) is 6.23. The van der Waals surface area contributed by atoms with Crippen LogP contribution in [0, 0.1) is 0 Å². The van der Waals surface area contributed by atoms with E-state index in [-0.39, 0.29) is 11.9 Å². The van der Waals surface area contributed by atoms with Crippen molar-refractivity contribution in [3.8, 4) is 11.4 Å². The summed E-state index contributed by atoms with van der Waals surface area (Å²) in [7, 11) is 0. The minimum Gasteiger partial charge on any atom is -0.391 e. The first kappa shape index (κ1) is 14.7. The number of carbonyl (C=O) groups excluding carboxylic acids is 1. The summed E-state index contributed by atoms with van der Waals surface area (Å²) in [6.45, 7) is 3.04. The van der Waals surface area contributed by atoms with Crippen LogP contribution in [0.2, 0.25) is 0 Å². The fourth-order valence-corrected chi connectivity index (χ4v) is 2.70. The molecule has 1 saturated heterocycles. The van der Waals surface area contributed by atoms with Crippen molar-refractivity contribution in [3.63, 3.8) is 0 Å². The lowest BCUT2D eigenvalue weighted by atomic mass is 10.1. The van der Waals surface area contributed by atoms with Crippen LogP contribution in [0.5, 0.6) is 0 Å². The minimum atomic E-state index is -0.298. The number of rotatable bonds is 3. The van der Waals surface area contributed by atoms with E-state index in [0.717, 1.165) is 30.8 Å². The molecule has 1 aromatic carbocycles. The van der Waals surface area contributed by atoms with Gasteiger partial charge in [-0.15, -0.1) is 0 Å². The zero-order valence-electron chi connectivity index (χ0n) is 12.6. The number of aliphatic hydroxyl groups excluding tert-OH is 1. The van der Waals surface area contributed by atoms with Gasteiger partial charge in [-0.05, 0) is 31.9 Å². The first-order chi connectivity index (χ1) is 10.6. The van der Waals surface area contributed by atoms with Gasteiger partial charge in [0, 0.05) is 30.4 Å². The summed E-state index contributed by atoms with van der Waals surface area (Å²) in [6.07, 6.45) is 3.22. The zero-order valence-corrected chi connectivity index (χ0v) is 12.6. The third kappa shape index (κ3) is 3.14. The highest BCUT2D eigenvalue weighted by Gasteiger charge is 2.19. The molecular formula is C17H19N3O2. The van der Waals surface area contributed by atoms with Crippen LogP contribution >= 0.6 is 0 Å². The predicted molar refractivity (Wildman–Crippen MR) is 84.9 cm³/mol. The van der Waals surface area contributed by atoms with Gasteiger partial charge in [0.25, 0.3) is 0 Å². The largest absolute Gasteiger partial charge is 0.391 e. The number of Topliss-reactive ketones (excluding diaryl/α,β-unsaturated/α-hetero) is 1. The number of aromatic nitrogens is 2. The molecule has 0 aliphatic carbocycles. The average Bonchev–Trinajstić information content (AvgIpc) is 2.55. The number of β-amino-alcohol motifs (C(OH)–C–C–N with tert-alkyl or cyclic N) is 1. The van der Waals surface area contributed by atoms with Crippen LogP contribution in [-0.4, -0.2) is 40.1 Å². The summed E-state index contributed by atoms with van der Waals surface area (Å²) in [6, 6.07) is 9.20. The summed E-state index contributed by atoms with van der Waals surface area (Å²) in [5.41, 5.74) is 1.48. The van der Waals surface area contributed by atoms with E-state index in [9.17, 15) is 9.90 Å². The van der Waals surface area contributed by atoms with Crippen LogP contribution in [0.4, 0.5) is 5.82 Å². The van der Waals surface area contributed by atoms with Gasteiger partial charge in [0.15, 0.2) is 11.6 Å². The van der Waals surface area contributed by atoms with Crippen molar-refractivity contribution < 1.29 is 9.90 Å². The third-order valence-corrected chi connectivity index (χ3v) is 3.89. The molecule has 3 rings (SSSR count). The molecule has 1 aromatic heterocycles. The molecular weight excluding hydrogens is 278 g/mol. The van der Waals surface area contributed by atoms with Crippen molar-refractivity contribution in [3.05, 3.63) is 42.1 Å². The second-order valence-corrected chi connectivity index (χ2v) is 5.62. The molecule has 0 amide bonds. The standard InChI is InChI=1S/C17H19N3O2/c1-12(21)13-4-2-5-14(10-13)17-18-8-7-16(19-17)20-9-3-6-15(22)11-20/h2,4-5,7-8,10,15,22H,3,6,9,11H2,1H3/t15-/m0/s1. The van der Waals surface area contributed by atoms with Gasteiger partial charge < -0.3 is 10.0 Å². The normalized spacial score (nSPS) is 18.3. The first-order valence-electron chi connectivity index (χ1n) is 7.51. The summed E-state index contributed by atoms with van der Waals surface area (Å²) in [4.78, 5) is 22.5. The molecule has 1 aliphatic heterocycles. The van der Waals surface area contributed by atoms with Crippen molar-refractivity contribution in [1.29, 1.82) is 0 Å². The molecule has 0 unspecified atom stereocenters. The maximum absolute atomic E-state index is 11.5. The van der Waals surface area contributed by atoms with Crippen molar-refractivity contribution in [2.75, 3.05) is 18.0 Å². The van der Waals surface area contributed by atoms with E-state index in [2.05, 4.69) is 14.9 Å². The Kier molecular flexibility index (Phi) is 4.15. The molecule has 1 fully saturated rings. The number of benzene rings is 1. The number of anilines is 1.